The van der Waals surface area contributed by atoms with Crippen LogP contribution in [-0.4, -0.2) is 12.4 Å². The van der Waals surface area contributed by atoms with E-state index in [0.29, 0.717) is 23.8 Å². The zero-order chi connectivity index (χ0) is 12.2. The number of nitrogens with two attached hydrogens (primary N) is 1. The van der Waals surface area contributed by atoms with Crippen LogP contribution in [0.3, 0.4) is 0 Å². The van der Waals surface area contributed by atoms with Crippen molar-refractivity contribution in [2.75, 3.05) is 6.61 Å². The number of amidine groups is 1. The Morgan fingerprint density at radius 3 is 2.62 bits per heavy atom. The Bertz CT molecular complexity index is 377. The van der Waals surface area contributed by atoms with Crippen LogP contribution in [0.15, 0.2) is 24.3 Å². The van der Waals surface area contributed by atoms with E-state index in [2.05, 4.69) is 0 Å². The average Bonchev–Trinajstić information content (AvgIpc) is 2.20. The van der Waals surface area contributed by atoms with Gasteiger partial charge in [-0.15, -0.1) is 0 Å². The molecule has 16 heavy (non-hydrogen) atoms. The SMILES string of the molecule is CC(C)(CCOc1ccccc1Cl)C(=N)N. The Kier molecular flexibility index (Phi) is 4.19. The molecular formula is C12H17ClN2O. The van der Waals surface area contributed by atoms with Gasteiger partial charge in [-0.25, -0.2) is 0 Å². The van der Waals surface area contributed by atoms with Crippen molar-refractivity contribution in [3.63, 3.8) is 0 Å². The molecule has 0 aliphatic heterocycles. The van der Waals surface area contributed by atoms with Crippen molar-refractivity contribution in [1.29, 1.82) is 5.41 Å². The summed E-state index contributed by atoms with van der Waals surface area (Å²) in [5.41, 5.74) is 5.15. The average molecular weight is 241 g/mol. The van der Waals surface area contributed by atoms with Gasteiger partial charge in [-0.05, 0) is 18.6 Å². The lowest BCUT2D eigenvalue weighted by Gasteiger charge is -2.22. The van der Waals surface area contributed by atoms with Crippen LogP contribution in [-0.2, 0) is 0 Å². The monoisotopic (exact) mass is 240 g/mol. The molecular weight excluding hydrogens is 224 g/mol. The standard InChI is InChI=1S/C12H17ClN2O/c1-12(2,11(14)15)7-8-16-10-6-4-3-5-9(10)13/h3-6H,7-8H2,1-2H3,(H3,14,15). The third-order valence-electron chi connectivity index (χ3n) is 2.55. The summed E-state index contributed by atoms with van der Waals surface area (Å²) in [6.45, 7) is 4.34. The van der Waals surface area contributed by atoms with Crippen molar-refractivity contribution < 1.29 is 4.74 Å². The van der Waals surface area contributed by atoms with E-state index in [1.54, 1.807) is 6.07 Å². The lowest BCUT2D eigenvalue weighted by molar-refractivity contribution is 0.269. The Labute approximate surface area is 101 Å². The highest BCUT2D eigenvalue weighted by atomic mass is 35.5. The second kappa shape index (κ2) is 5.21. The van der Waals surface area contributed by atoms with Gasteiger partial charge in [-0.1, -0.05) is 37.6 Å². The largest absolute Gasteiger partial charge is 0.492 e. The fraction of sp³-hybridized carbons (Fsp3) is 0.417. The molecule has 0 bridgehead atoms. The van der Waals surface area contributed by atoms with E-state index in [-0.39, 0.29) is 11.3 Å². The molecule has 0 amide bonds. The van der Waals surface area contributed by atoms with Gasteiger partial charge in [-0.3, -0.25) is 5.41 Å². The van der Waals surface area contributed by atoms with Gasteiger partial charge in [0.1, 0.15) is 5.75 Å². The third-order valence-corrected chi connectivity index (χ3v) is 2.86. The molecule has 0 unspecified atom stereocenters. The van der Waals surface area contributed by atoms with Crippen LogP contribution in [0.1, 0.15) is 20.3 Å². The van der Waals surface area contributed by atoms with Crippen LogP contribution in [0.25, 0.3) is 0 Å². The maximum atomic E-state index is 7.42. The summed E-state index contributed by atoms with van der Waals surface area (Å²) in [5.74, 6) is 0.846. The summed E-state index contributed by atoms with van der Waals surface area (Å²) in [5, 5.41) is 8.02. The second-order valence-electron chi connectivity index (χ2n) is 4.33. The smallest absolute Gasteiger partial charge is 0.137 e. The maximum absolute atomic E-state index is 7.42. The van der Waals surface area contributed by atoms with Gasteiger partial charge in [0.15, 0.2) is 0 Å². The van der Waals surface area contributed by atoms with Crippen molar-refractivity contribution in [1.82, 2.24) is 0 Å². The molecule has 0 aromatic heterocycles. The first-order valence-corrected chi connectivity index (χ1v) is 5.53. The summed E-state index contributed by atoms with van der Waals surface area (Å²) in [7, 11) is 0. The van der Waals surface area contributed by atoms with Gasteiger partial charge < -0.3 is 10.5 Å². The molecule has 0 spiro atoms. The highest BCUT2D eigenvalue weighted by molar-refractivity contribution is 6.32. The minimum Gasteiger partial charge on any atom is -0.492 e. The number of ether oxygens (including phenoxy) is 1. The Morgan fingerprint density at radius 2 is 2.06 bits per heavy atom. The molecule has 0 aliphatic carbocycles. The van der Waals surface area contributed by atoms with Crippen LogP contribution in [0.4, 0.5) is 0 Å². The van der Waals surface area contributed by atoms with E-state index < -0.39 is 0 Å². The van der Waals surface area contributed by atoms with E-state index in [1.807, 2.05) is 32.0 Å². The minimum absolute atomic E-state index is 0.176. The number of rotatable bonds is 5. The summed E-state index contributed by atoms with van der Waals surface area (Å²) in [6.07, 6.45) is 0.688. The topological polar surface area (TPSA) is 59.1 Å². The van der Waals surface area contributed by atoms with Gasteiger partial charge in [0, 0.05) is 5.41 Å². The van der Waals surface area contributed by atoms with Crippen molar-refractivity contribution in [2.24, 2.45) is 11.1 Å². The van der Waals surface area contributed by atoms with E-state index in [0.717, 1.165) is 0 Å². The van der Waals surface area contributed by atoms with Gasteiger partial charge in [0.25, 0.3) is 0 Å². The predicted octanol–water partition coefficient (Wildman–Crippen LogP) is 3.07. The first-order chi connectivity index (χ1) is 7.43. The Morgan fingerprint density at radius 1 is 1.44 bits per heavy atom. The van der Waals surface area contributed by atoms with Gasteiger partial charge in [0.05, 0.1) is 17.5 Å². The highest BCUT2D eigenvalue weighted by Gasteiger charge is 2.21. The number of para-hydroxylation sites is 1. The summed E-state index contributed by atoms with van der Waals surface area (Å²) < 4.78 is 5.54. The molecule has 0 aliphatic rings. The fourth-order valence-corrected chi connectivity index (χ4v) is 1.30. The van der Waals surface area contributed by atoms with E-state index in [4.69, 9.17) is 27.5 Å². The molecule has 4 heteroatoms. The van der Waals surface area contributed by atoms with Crippen LogP contribution in [0, 0.1) is 10.8 Å². The molecule has 3 nitrogen and oxygen atoms in total. The van der Waals surface area contributed by atoms with Crippen molar-refractivity contribution in [2.45, 2.75) is 20.3 Å². The molecule has 3 N–H and O–H groups in total. The molecule has 88 valence electrons. The number of benzene rings is 1. The third kappa shape index (κ3) is 3.42. The Hall–Kier alpha value is -1.22. The lowest BCUT2D eigenvalue weighted by atomic mass is 9.88. The van der Waals surface area contributed by atoms with Crippen LogP contribution in [0.2, 0.25) is 5.02 Å². The first-order valence-electron chi connectivity index (χ1n) is 5.15. The molecule has 0 heterocycles. The number of hydrogen-bond donors (Lipinski definition) is 2. The quantitative estimate of drug-likeness (QED) is 0.614. The summed E-state index contributed by atoms with van der Waals surface area (Å²) in [4.78, 5) is 0. The molecule has 0 saturated heterocycles. The molecule has 0 radical (unpaired) electrons. The fourth-order valence-electron chi connectivity index (χ4n) is 1.11. The molecule has 1 rings (SSSR count). The number of halogens is 1. The van der Waals surface area contributed by atoms with E-state index >= 15 is 0 Å². The number of hydrogen-bond acceptors (Lipinski definition) is 2. The van der Waals surface area contributed by atoms with Crippen LogP contribution in [0.5, 0.6) is 5.75 Å². The molecule has 0 atom stereocenters. The predicted molar refractivity (Wildman–Crippen MR) is 67.3 cm³/mol. The van der Waals surface area contributed by atoms with Crippen molar-refractivity contribution >= 4 is 17.4 Å². The first kappa shape index (κ1) is 12.8. The summed E-state index contributed by atoms with van der Waals surface area (Å²) >= 11 is 5.94. The zero-order valence-electron chi connectivity index (χ0n) is 9.59. The van der Waals surface area contributed by atoms with Gasteiger partial charge in [-0.2, -0.15) is 0 Å². The summed E-state index contributed by atoms with van der Waals surface area (Å²) in [6, 6.07) is 7.34. The maximum Gasteiger partial charge on any atom is 0.137 e. The highest BCUT2D eigenvalue weighted by Crippen LogP contribution is 2.25. The van der Waals surface area contributed by atoms with Crippen LogP contribution >= 0.6 is 11.6 Å². The van der Waals surface area contributed by atoms with E-state index in [9.17, 15) is 0 Å². The second-order valence-corrected chi connectivity index (χ2v) is 4.73. The molecule has 1 aromatic carbocycles. The van der Waals surface area contributed by atoms with E-state index in [1.165, 1.54) is 0 Å². The lowest BCUT2D eigenvalue weighted by Crippen LogP contribution is -2.32. The van der Waals surface area contributed by atoms with Crippen molar-refractivity contribution in [3.8, 4) is 5.75 Å². The Balaban J connectivity index is 2.48. The molecule has 1 aromatic rings. The van der Waals surface area contributed by atoms with Crippen molar-refractivity contribution in [3.05, 3.63) is 29.3 Å². The van der Waals surface area contributed by atoms with Crippen LogP contribution < -0.4 is 10.5 Å². The normalized spacial score (nSPS) is 11.2. The molecule has 0 saturated carbocycles. The van der Waals surface area contributed by atoms with Gasteiger partial charge in [0.2, 0.25) is 0 Å². The van der Waals surface area contributed by atoms with Gasteiger partial charge >= 0.3 is 0 Å². The molecule has 0 fully saturated rings. The number of nitrogens with one attached hydrogen (secondary N) is 1. The zero-order valence-corrected chi connectivity index (χ0v) is 10.3. The minimum atomic E-state index is -0.332.